The molecule has 0 unspecified atom stereocenters. The number of rotatable bonds is 4. The Bertz CT molecular complexity index is 881. The van der Waals surface area contributed by atoms with Gasteiger partial charge < -0.3 is 5.32 Å². The Morgan fingerprint density at radius 3 is 2.85 bits per heavy atom. The number of anilines is 1. The lowest BCUT2D eigenvalue weighted by Gasteiger charge is -2.33. The van der Waals surface area contributed by atoms with E-state index in [0.717, 1.165) is 30.5 Å². The van der Waals surface area contributed by atoms with Crippen LogP contribution in [0, 0.1) is 29.6 Å². The topological polar surface area (TPSA) is 70.7 Å². The number of nitrogens with zero attached hydrogens (tertiary/aromatic N) is 3. The van der Waals surface area contributed by atoms with Crippen LogP contribution in [0.4, 0.5) is 5.00 Å². The summed E-state index contributed by atoms with van der Waals surface area (Å²) in [6.07, 6.45) is 5.00. The molecule has 1 aliphatic rings. The molecule has 0 fully saturated rings. The Morgan fingerprint density at radius 1 is 1.52 bits per heavy atom. The van der Waals surface area contributed by atoms with Crippen LogP contribution >= 0.6 is 22.9 Å². The maximum absolute atomic E-state index is 12.4. The fourth-order valence-corrected chi connectivity index (χ4v) is 4.99. The Hall–Kier alpha value is -1.84. The Kier molecular flexibility index (Phi) is 5.64. The number of hydrogen-bond donors (Lipinski definition) is 1. The lowest BCUT2D eigenvalue weighted by molar-refractivity contribution is -0.116. The smallest absolute Gasteiger partial charge is 0.226 e. The highest BCUT2D eigenvalue weighted by Crippen LogP contribution is 2.44. The number of thiophene rings is 1. The van der Waals surface area contributed by atoms with Gasteiger partial charge in [-0.3, -0.25) is 9.48 Å². The van der Waals surface area contributed by atoms with Crippen LogP contribution in [0.5, 0.6) is 0 Å². The first-order chi connectivity index (χ1) is 12.7. The lowest BCUT2D eigenvalue weighted by Crippen LogP contribution is -2.26. The third kappa shape index (κ3) is 4.36. The normalized spacial score (nSPS) is 16.7. The third-order valence-electron chi connectivity index (χ3n) is 5.31. The average Bonchev–Trinajstić information content (AvgIpc) is 3.10. The second-order valence-corrected chi connectivity index (χ2v) is 9.76. The van der Waals surface area contributed by atoms with Gasteiger partial charge in [0, 0.05) is 24.0 Å². The third-order valence-corrected chi connectivity index (χ3v) is 6.85. The van der Waals surface area contributed by atoms with Gasteiger partial charge in [0.1, 0.15) is 11.1 Å². The molecule has 1 amide bonds. The van der Waals surface area contributed by atoms with E-state index in [1.54, 1.807) is 22.2 Å². The van der Waals surface area contributed by atoms with Crippen molar-refractivity contribution in [3.05, 3.63) is 32.9 Å². The summed E-state index contributed by atoms with van der Waals surface area (Å²) < 4.78 is 1.68. The van der Waals surface area contributed by atoms with Gasteiger partial charge in [0.05, 0.1) is 16.3 Å². The first-order valence-corrected chi connectivity index (χ1v) is 10.4. The fourth-order valence-electron chi connectivity index (χ4n) is 3.54. The number of amides is 1. The zero-order chi connectivity index (χ0) is 19.8. The van der Waals surface area contributed by atoms with E-state index in [-0.39, 0.29) is 17.7 Å². The van der Waals surface area contributed by atoms with E-state index < -0.39 is 0 Å². The van der Waals surface area contributed by atoms with Gasteiger partial charge >= 0.3 is 0 Å². The van der Waals surface area contributed by atoms with Gasteiger partial charge in [0.15, 0.2) is 0 Å². The molecule has 0 bridgehead atoms. The molecule has 1 N–H and O–H groups in total. The van der Waals surface area contributed by atoms with Gasteiger partial charge in [-0.15, -0.1) is 11.3 Å². The molecule has 7 heteroatoms. The summed E-state index contributed by atoms with van der Waals surface area (Å²) in [6, 6.07) is 2.31. The van der Waals surface area contributed by atoms with Crippen LogP contribution in [0.1, 0.15) is 55.3 Å². The molecule has 144 valence electrons. The molecule has 27 heavy (non-hydrogen) atoms. The number of carbonyl (C=O) groups is 1. The summed E-state index contributed by atoms with van der Waals surface area (Å²) in [5, 5.41) is 18.1. The van der Waals surface area contributed by atoms with E-state index in [4.69, 9.17) is 11.6 Å². The molecule has 0 saturated heterocycles. The van der Waals surface area contributed by atoms with Crippen LogP contribution in [0.25, 0.3) is 0 Å². The van der Waals surface area contributed by atoms with Gasteiger partial charge in [-0.05, 0) is 43.1 Å². The maximum Gasteiger partial charge on any atom is 0.226 e. The standard InChI is InChI=1S/C20H25ClN4OS/c1-12-16(21)11-25(24-12)8-7-18(26)23-19-15(10-22)14-6-5-13(20(2,3)4)9-17(14)27-19/h11,13H,5-9H2,1-4H3,(H,23,26)/t13-/m0/s1. The van der Waals surface area contributed by atoms with E-state index in [1.807, 2.05) is 6.92 Å². The van der Waals surface area contributed by atoms with E-state index in [9.17, 15) is 10.1 Å². The number of aryl methyl sites for hydroxylation is 2. The van der Waals surface area contributed by atoms with E-state index in [2.05, 4.69) is 37.3 Å². The van der Waals surface area contributed by atoms with Crippen LogP contribution in [0.15, 0.2) is 6.20 Å². The number of nitrogens with one attached hydrogen (secondary N) is 1. The molecule has 2 aromatic rings. The molecule has 0 saturated carbocycles. The molecule has 5 nitrogen and oxygen atoms in total. The average molecular weight is 405 g/mol. The number of nitriles is 1. The zero-order valence-electron chi connectivity index (χ0n) is 16.2. The molecule has 1 aliphatic carbocycles. The van der Waals surface area contributed by atoms with Crippen molar-refractivity contribution < 1.29 is 4.79 Å². The van der Waals surface area contributed by atoms with Crippen molar-refractivity contribution in [1.29, 1.82) is 5.26 Å². The van der Waals surface area contributed by atoms with Crippen molar-refractivity contribution in [2.45, 2.75) is 59.9 Å². The molecule has 0 aliphatic heterocycles. The summed E-state index contributed by atoms with van der Waals surface area (Å²) in [6.45, 7) is 9.10. The molecule has 3 rings (SSSR count). The molecule has 0 aromatic carbocycles. The van der Waals surface area contributed by atoms with Gasteiger partial charge in [-0.2, -0.15) is 10.4 Å². The number of carbonyl (C=O) groups excluding carboxylic acids is 1. The van der Waals surface area contributed by atoms with Gasteiger partial charge in [0.2, 0.25) is 5.91 Å². The fraction of sp³-hybridized carbons (Fsp3) is 0.550. The van der Waals surface area contributed by atoms with E-state index in [0.29, 0.717) is 28.0 Å². The number of halogens is 1. The molecule has 2 heterocycles. The predicted octanol–water partition coefficient (Wildman–Crippen LogP) is 4.96. The van der Waals surface area contributed by atoms with Crippen molar-refractivity contribution in [2.24, 2.45) is 11.3 Å². The van der Waals surface area contributed by atoms with Crippen molar-refractivity contribution >= 4 is 33.8 Å². The zero-order valence-corrected chi connectivity index (χ0v) is 17.8. The molecular formula is C20H25ClN4OS. The highest BCUT2D eigenvalue weighted by molar-refractivity contribution is 7.16. The minimum atomic E-state index is -0.109. The number of hydrogen-bond acceptors (Lipinski definition) is 4. The largest absolute Gasteiger partial charge is 0.317 e. The minimum Gasteiger partial charge on any atom is -0.317 e. The molecule has 2 aromatic heterocycles. The van der Waals surface area contributed by atoms with Crippen LogP contribution < -0.4 is 5.32 Å². The van der Waals surface area contributed by atoms with E-state index >= 15 is 0 Å². The molecular weight excluding hydrogens is 380 g/mol. The molecule has 0 spiro atoms. The summed E-state index contributed by atoms with van der Waals surface area (Å²) in [5.41, 5.74) is 2.78. The highest BCUT2D eigenvalue weighted by atomic mass is 35.5. The Balaban J connectivity index is 1.69. The van der Waals surface area contributed by atoms with Crippen LogP contribution in [-0.2, 0) is 24.2 Å². The summed E-state index contributed by atoms with van der Waals surface area (Å²) in [5.74, 6) is 0.494. The SMILES string of the molecule is Cc1nn(CCC(=O)Nc2sc3c(c2C#N)CC[C@H](C(C)(C)C)C3)cc1Cl. The summed E-state index contributed by atoms with van der Waals surface area (Å²) >= 11 is 7.56. The quantitative estimate of drug-likeness (QED) is 0.782. The second kappa shape index (κ2) is 7.65. The molecule has 0 radical (unpaired) electrons. The van der Waals surface area contributed by atoms with Crippen LogP contribution in [0.3, 0.4) is 0 Å². The van der Waals surface area contributed by atoms with Crippen molar-refractivity contribution in [3.8, 4) is 6.07 Å². The summed E-state index contributed by atoms with van der Waals surface area (Å²) in [4.78, 5) is 13.6. The molecule has 1 atom stereocenters. The maximum atomic E-state index is 12.4. The van der Waals surface area contributed by atoms with Crippen molar-refractivity contribution in [2.75, 3.05) is 5.32 Å². The first kappa shape index (κ1) is 19.9. The lowest BCUT2D eigenvalue weighted by atomic mass is 9.72. The highest BCUT2D eigenvalue weighted by Gasteiger charge is 2.32. The minimum absolute atomic E-state index is 0.109. The van der Waals surface area contributed by atoms with Gasteiger partial charge in [0.25, 0.3) is 0 Å². The van der Waals surface area contributed by atoms with Crippen LogP contribution in [0.2, 0.25) is 5.02 Å². The summed E-state index contributed by atoms with van der Waals surface area (Å²) in [7, 11) is 0. The van der Waals surface area contributed by atoms with Crippen LogP contribution in [-0.4, -0.2) is 15.7 Å². The predicted molar refractivity (Wildman–Crippen MR) is 109 cm³/mol. The van der Waals surface area contributed by atoms with Crippen molar-refractivity contribution in [1.82, 2.24) is 9.78 Å². The van der Waals surface area contributed by atoms with Crippen molar-refractivity contribution in [3.63, 3.8) is 0 Å². The Labute approximate surface area is 169 Å². The number of fused-ring (bicyclic) bond motifs is 1. The Morgan fingerprint density at radius 2 is 2.26 bits per heavy atom. The number of aromatic nitrogens is 2. The monoisotopic (exact) mass is 404 g/mol. The van der Waals surface area contributed by atoms with Gasteiger partial charge in [-0.25, -0.2) is 0 Å². The second-order valence-electron chi connectivity index (χ2n) is 8.25. The van der Waals surface area contributed by atoms with Gasteiger partial charge in [-0.1, -0.05) is 32.4 Å². The van der Waals surface area contributed by atoms with E-state index in [1.165, 1.54) is 4.88 Å². The first-order valence-electron chi connectivity index (χ1n) is 9.23.